The maximum atomic E-state index is 12.4. The van der Waals surface area contributed by atoms with E-state index in [0.717, 1.165) is 5.56 Å². The number of aryl methyl sites for hydroxylation is 2. The van der Waals surface area contributed by atoms with Gasteiger partial charge in [0.05, 0.1) is 11.7 Å². The molecular formula is C21H22NO6S-. The monoisotopic (exact) mass is 416 g/mol. The second-order valence-corrected chi connectivity index (χ2v) is 8.59. The summed E-state index contributed by atoms with van der Waals surface area (Å²) in [7, 11) is -3.45. The van der Waals surface area contributed by atoms with Crippen LogP contribution in [0.5, 0.6) is 5.75 Å². The summed E-state index contributed by atoms with van der Waals surface area (Å²) in [6.45, 7) is 1.21. The molecule has 0 fully saturated rings. The Hall–Kier alpha value is -2.84. The molecule has 0 atom stereocenters. The number of aliphatic carboxylic acids is 1. The minimum absolute atomic E-state index is 0.0245. The third-order valence-electron chi connectivity index (χ3n) is 4.52. The van der Waals surface area contributed by atoms with Crippen molar-refractivity contribution in [2.24, 2.45) is 0 Å². The van der Waals surface area contributed by atoms with E-state index in [1.165, 1.54) is 0 Å². The van der Waals surface area contributed by atoms with Crippen LogP contribution < -0.4 is 14.6 Å². The molecule has 0 aliphatic heterocycles. The second-order valence-electron chi connectivity index (χ2n) is 6.66. The van der Waals surface area contributed by atoms with E-state index in [1.54, 1.807) is 25.1 Å². The zero-order chi connectivity index (χ0) is 20.9. The van der Waals surface area contributed by atoms with Gasteiger partial charge in [-0.25, -0.2) is 13.1 Å². The van der Waals surface area contributed by atoms with Crippen LogP contribution in [-0.4, -0.2) is 26.7 Å². The molecular weight excluding hydrogens is 394 g/mol. The number of hydrogen-bond donors (Lipinski definition) is 1. The average Bonchev–Trinajstić information content (AvgIpc) is 3.01. The van der Waals surface area contributed by atoms with Crippen LogP contribution in [0.25, 0.3) is 11.0 Å². The molecule has 0 unspecified atom stereocenters. The van der Waals surface area contributed by atoms with E-state index in [1.807, 2.05) is 30.3 Å². The Balaban J connectivity index is 1.65. The fourth-order valence-corrected chi connectivity index (χ4v) is 4.13. The van der Waals surface area contributed by atoms with Crippen LogP contribution in [0.3, 0.4) is 0 Å². The zero-order valence-corrected chi connectivity index (χ0v) is 16.8. The number of ether oxygens (including phenoxy) is 1. The summed E-state index contributed by atoms with van der Waals surface area (Å²) in [5.74, 6) is -0.506. The van der Waals surface area contributed by atoms with Crippen molar-refractivity contribution in [1.29, 1.82) is 0 Å². The van der Waals surface area contributed by atoms with Gasteiger partial charge < -0.3 is 19.1 Å². The number of sulfonamides is 1. The van der Waals surface area contributed by atoms with Gasteiger partial charge in [0.25, 0.3) is 0 Å². The molecule has 3 rings (SSSR count). The molecule has 0 bridgehead atoms. The zero-order valence-electron chi connectivity index (χ0n) is 16.0. The van der Waals surface area contributed by atoms with Gasteiger partial charge in [-0.2, -0.15) is 0 Å². The summed E-state index contributed by atoms with van der Waals surface area (Å²) in [4.78, 5) is 10.6. The maximum Gasteiger partial charge on any atom is 0.211 e. The topological polar surface area (TPSA) is 109 Å². The highest BCUT2D eigenvalue weighted by atomic mass is 32.2. The lowest BCUT2D eigenvalue weighted by atomic mass is 10.1. The molecule has 29 heavy (non-hydrogen) atoms. The Kier molecular flexibility index (Phi) is 6.56. The SMILES string of the molecule is Cc1oc2c(OCC(=O)[O-])cccc2c1CNS(=O)(=O)CCCc1ccccc1. The molecule has 1 aromatic heterocycles. The van der Waals surface area contributed by atoms with Crippen molar-refractivity contribution in [3.63, 3.8) is 0 Å². The number of rotatable bonds is 10. The highest BCUT2D eigenvalue weighted by molar-refractivity contribution is 7.89. The molecule has 0 aliphatic rings. The van der Waals surface area contributed by atoms with Gasteiger partial charge in [0, 0.05) is 17.5 Å². The lowest BCUT2D eigenvalue weighted by Crippen LogP contribution is -2.28. The number of carboxylic acid groups (broad SMARTS) is 1. The highest BCUT2D eigenvalue weighted by Gasteiger charge is 2.17. The van der Waals surface area contributed by atoms with Gasteiger partial charge in [-0.05, 0) is 31.4 Å². The predicted molar refractivity (Wildman–Crippen MR) is 107 cm³/mol. The smallest absolute Gasteiger partial charge is 0.211 e. The van der Waals surface area contributed by atoms with E-state index in [2.05, 4.69) is 4.72 Å². The van der Waals surface area contributed by atoms with E-state index in [9.17, 15) is 18.3 Å². The Labute approximate surface area is 169 Å². The molecule has 0 amide bonds. The van der Waals surface area contributed by atoms with Crippen molar-refractivity contribution in [3.8, 4) is 5.75 Å². The molecule has 8 heteroatoms. The van der Waals surface area contributed by atoms with Crippen LogP contribution in [0.2, 0.25) is 0 Å². The van der Waals surface area contributed by atoms with Gasteiger partial charge in [-0.3, -0.25) is 0 Å². The van der Waals surface area contributed by atoms with Crippen LogP contribution in [-0.2, 0) is 27.8 Å². The molecule has 154 valence electrons. The Morgan fingerprint density at radius 2 is 1.90 bits per heavy atom. The molecule has 7 nitrogen and oxygen atoms in total. The summed E-state index contributed by atoms with van der Waals surface area (Å²) < 4.78 is 38.2. The number of carboxylic acids is 1. The van der Waals surface area contributed by atoms with E-state index in [0.29, 0.717) is 35.1 Å². The van der Waals surface area contributed by atoms with Crippen LogP contribution in [0.4, 0.5) is 0 Å². The van der Waals surface area contributed by atoms with Crippen molar-refractivity contribution in [2.45, 2.75) is 26.3 Å². The first kappa shape index (κ1) is 20.9. The number of fused-ring (bicyclic) bond motifs is 1. The standard InChI is InChI=1S/C21H23NO6S/c1-15-18(17-10-5-11-19(21(17)28-15)27-14-20(23)24)13-22-29(25,26)12-6-9-16-7-3-2-4-8-16/h2-5,7-8,10-11,22H,6,9,12-14H2,1H3,(H,23,24)/p-1. The number of para-hydroxylation sites is 1. The number of carbonyl (C=O) groups is 1. The Morgan fingerprint density at radius 1 is 1.14 bits per heavy atom. The highest BCUT2D eigenvalue weighted by Crippen LogP contribution is 2.32. The maximum absolute atomic E-state index is 12.4. The van der Waals surface area contributed by atoms with Crippen molar-refractivity contribution in [1.82, 2.24) is 4.72 Å². The summed E-state index contributed by atoms with van der Waals surface area (Å²) >= 11 is 0. The normalized spacial score (nSPS) is 11.6. The summed E-state index contributed by atoms with van der Waals surface area (Å²) in [6.07, 6.45) is 1.21. The molecule has 2 aromatic carbocycles. The number of hydrogen-bond acceptors (Lipinski definition) is 6. The molecule has 0 saturated heterocycles. The summed E-state index contributed by atoms with van der Waals surface area (Å²) in [6, 6.07) is 14.8. The van der Waals surface area contributed by atoms with E-state index < -0.39 is 22.6 Å². The number of furan rings is 1. The number of benzene rings is 2. The molecule has 1 N–H and O–H groups in total. The molecule has 1 heterocycles. The van der Waals surface area contributed by atoms with Gasteiger partial charge in [-0.15, -0.1) is 0 Å². The van der Waals surface area contributed by atoms with Gasteiger partial charge >= 0.3 is 0 Å². The molecule has 0 saturated carbocycles. The van der Waals surface area contributed by atoms with Crippen molar-refractivity contribution >= 4 is 27.0 Å². The molecule has 0 spiro atoms. The van der Waals surface area contributed by atoms with Crippen LogP contribution in [0.15, 0.2) is 52.9 Å². The van der Waals surface area contributed by atoms with Gasteiger partial charge in [-0.1, -0.05) is 42.5 Å². The van der Waals surface area contributed by atoms with Crippen molar-refractivity contribution in [2.75, 3.05) is 12.4 Å². The Bertz CT molecular complexity index is 1090. The first-order valence-corrected chi connectivity index (χ1v) is 10.9. The second kappa shape index (κ2) is 9.11. The fourth-order valence-electron chi connectivity index (χ4n) is 3.10. The van der Waals surface area contributed by atoms with Gasteiger partial charge in [0.1, 0.15) is 12.4 Å². The molecule has 0 aliphatic carbocycles. The molecule has 3 aromatic rings. The lowest BCUT2D eigenvalue weighted by molar-refractivity contribution is -0.307. The summed E-state index contributed by atoms with van der Waals surface area (Å²) in [5, 5.41) is 11.3. The van der Waals surface area contributed by atoms with Crippen molar-refractivity contribution in [3.05, 3.63) is 65.4 Å². The van der Waals surface area contributed by atoms with Gasteiger partial charge in [0.15, 0.2) is 11.3 Å². The predicted octanol–water partition coefficient (Wildman–Crippen LogP) is 1.92. The van der Waals surface area contributed by atoms with Crippen LogP contribution >= 0.6 is 0 Å². The van der Waals surface area contributed by atoms with Crippen LogP contribution in [0.1, 0.15) is 23.3 Å². The summed E-state index contributed by atoms with van der Waals surface area (Å²) in [5.41, 5.74) is 2.17. The minimum atomic E-state index is -3.45. The average molecular weight is 416 g/mol. The van der Waals surface area contributed by atoms with Crippen molar-refractivity contribution < 1.29 is 27.5 Å². The Morgan fingerprint density at radius 3 is 2.62 bits per heavy atom. The van der Waals surface area contributed by atoms with Gasteiger partial charge in [0.2, 0.25) is 10.0 Å². The first-order valence-electron chi connectivity index (χ1n) is 9.20. The van der Waals surface area contributed by atoms with E-state index >= 15 is 0 Å². The number of nitrogens with one attached hydrogen (secondary N) is 1. The number of carbonyl (C=O) groups excluding carboxylic acids is 1. The quantitative estimate of drug-likeness (QED) is 0.541. The van der Waals surface area contributed by atoms with E-state index in [4.69, 9.17) is 9.15 Å². The third-order valence-corrected chi connectivity index (χ3v) is 5.93. The van der Waals surface area contributed by atoms with E-state index in [-0.39, 0.29) is 18.0 Å². The lowest BCUT2D eigenvalue weighted by Gasteiger charge is -2.08. The minimum Gasteiger partial charge on any atom is -0.546 e. The van der Waals surface area contributed by atoms with Crippen LogP contribution in [0, 0.1) is 6.92 Å². The largest absolute Gasteiger partial charge is 0.546 e. The fraction of sp³-hybridized carbons (Fsp3) is 0.286. The first-order chi connectivity index (χ1) is 13.9. The third kappa shape index (κ3) is 5.58. The molecule has 0 radical (unpaired) electrons.